The Morgan fingerprint density at radius 1 is 1.41 bits per heavy atom. The molecule has 0 aliphatic heterocycles. The number of methoxy groups -OCH3 is 1. The first-order valence-corrected chi connectivity index (χ1v) is 6.18. The van der Waals surface area contributed by atoms with Gasteiger partial charge in [0.05, 0.1) is 12.5 Å². The Kier molecular flexibility index (Phi) is 2.68. The average molecular weight is 236 g/mol. The van der Waals surface area contributed by atoms with E-state index in [0.29, 0.717) is 19.3 Å². The van der Waals surface area contributed by atoms with Crippen LogP contribution in [0.4, 0.5) is 0 Å². The predicted octanol–water partition coefficient (Wildman–Crippen LogP) is 2.50. The van der Waals surface area contributed by atoms with Crippen molar-refractivity contribution in [2.24, 2.45) is 16.7 Å². The highest BCUT2D eigenvalue weighted by Crippen LogP contribution is 2.65. The van der Waals surface area contributed by atoms with Gasteiger partial charge in [-0.3, -0.25) is 9.59 Å². The Morgan fingerprint density at radius 3 is 2.59 bits per heavy atom. The lowest BCUT2D eigenvalue weighted by molar-refractivity contribution is -0.159. The maximum absolute atomic E-state index is 12.2. The number of hydrogen-bond donors (Lipinski definition) is 0. The molecule has 0 aromatic heterocycles. The predicted molar refractivity (Wildman–Crippen MR) is 64.3 cm³/mol. The van der Waals surface area contributed by atoms with E-state index in [2.05, 4.69) is 19.9 Å². The van der Waals surface area contributed by atoms with E-state index in [4.69, 9.17) is 4.74 Å². The number of allylic oxidation sites excluding steroid dienone is 2. The highest BCUT2D eigenvalue weighted by Gasteiger charge is 2.66. The van der Waals surface area contributed by atoms with Crippen LogP contribution >= 0.6 is 0 Å². The summed E-state index contributed by atoms with van der Waals surface area (Å²) in [5, 5.41) is 0. The smallest absolute Gasteiger partial charge is 0.313 e. The van der Waals surface area contributed by atoms with Crippen LogP contribution in [-0.4, -0.2) is 18.9 Å². The molecule has 17 heavy (non-hydrogen) atoms. The lowest BCUT2D eigenvalue weighted by Crippen LogP contribution is -2.45. The molecule has 0 bridgehead atoms. The van der Waals surface area contributed by atoms with E-state index in [1.54, 1.807) is 0 Å². The van der Waals surface area contributed by atoms with E-state index in [9.17, 15) is 9.59 Å². The van der Waals surface area contributed by atoms with E-state index >= 15 is 0 Å². The number of ether oxygens (including phenoxy) is 1. The third kappa shape index (κ3) is 1.28. The fraction of sp³-hybridized carbons (Fsp3) is 0.714. The highest BCUT2D eigenvalue weighted by atomic mass is 16.5. The molecule has 0 spiro atoms. The number of ketones is 1. The number of rotatable bonds is 2. The summed E-state index contributed by atoms with van der Waals surface area (Å²) in [5.74, 6) is 0.244. The molecule has 1 fully saturated rings. The topological polar surface area (TPSA) is 43.4 Å². The molecule has 3 heteroatoms. The first-order valence-electron chi connectivity index (χ1n) is 6.18. The zero-order valence-corrected chi connectivity index (χ0v) is 11.0. The van der Waals surface area contributed by atoms with E-state index < -0.39 is 5.41 Å². The van der Waals surface area contributed by atoms with Gasteiger partial charge in [-0.15, -0.1) is 0 Å². The normalized spacial score (nSPS) is 36.1. The van der Waals surface area contributed by atoms with Crippen molar-refractivity contribution in [3.05, 3.63) is 11.6 Å². The Balaban J connectivity index is 2.58. The minimum absolute atomic E-state index is 0.191. The minimum atomic E-state index is -0.628. The summed E-state index contributed by atoms with van der Waals surface area (Å²) in [6, 6.07) is 0. The lowest BCUT2D eigenvalue weighted by atomic mass is 9.59. The van der Waals surface area contributed by atoms with E-state index in [1.165, 1.54) is 12.7 Å². The Morgan fingerprint density at radius 2 is 2.06 bits per heavy atom. The summed E-state index contributed by atoms with van der Waals surface area (Å²) in [7, 11) is 1.42. The van der Waals surface area contributed by atoms with Crippen molar-refractivity contribution in [3.8, 4) is 0 Å². The van der Waals surface area contributed by atoms with Gasteiger partial charge in [0, 0.05) is 18.3 Å². The van der Waals surface area contributed by atoms with Crippen LogP contribution in [0.25, 0.3) is 0 Å². The Bertz CT molecular complexity index is 408. The van der Waals surface area contributed by atoms with Crippen LogP contribution in [0.5, 0.6) is 0 Å². The van der Waals surface area contributed by atoms with Gasteiger partial charge in [-0.05, 0) is 19.3 Å². The number of esters is 1. The van der Waals surface area contributed by atoms with Gasteiger partial charge >= 0.3 is 5.97 Å². The summed E-state index contributed by atoms with van der Waals surface area (Å²) in [6.07, 6.45) is 3.59. The molecule has 0 saturated heterocycles. The molecule has 2 atom stereocenters. The van der Waals surface area contributed by atoms with Gasteiger partial charge < -0.3 is 4.74 Å². The zero-order valence-electron chi connectivity index (χ0n) is 11.0. The molecule has 94 valence electrons. The summed E-state index contributed by atoms with van der Waals surface area (Å²) < 4.78 is 4.99. The summed E-state index contributed by atoms with van der Waals surface area (Å²) in [5.41, 5.74) is 0.248. The maximum Gasteiger partial charge on any atom is 0.313 e. The van der Waals surface area contributed by atoms with Crippen LogP contribution in [0, 0.1) is 16.7 Å². The van der Waals surface area contributed by atoms with Gasteiger partial charge in [-0.25, -0.2) is 0 Å². The van der Waals surface area contributed by atoms with Crippen molar-refractivity contribution in [2.75, 3.05) is 7.11 Å². The van der Waals surface area contributed by atoms with Gasteiger partial charge in [0.25, 0.3) is 0 Å². The van der Waals surface area contributed by atoms with Crippen LogP contribution in [0.15, 0.2) is 11.6 Å². The molecule has 0 radical (unpaired) electrons. The van der Waals surface area contributed by atoms with Crippen LogP contribution < -0.4 is 0 Å². The molecular weight excluding hydrogens is 216 g/mol. The van der Waals surface area contributed by atoms with E-state index in [1.807, 2.05) is 6.92 Å². The highest BCUT2D eigenvalue weighted by molar-refractivity contribution is 5.94. The maximum atomic E-state index is 12.2. The number of carbonyl (C=O) groups is 2. The number of hydrogen-bond acceptors (Lipinski definition) is 3. The van der Waals surface area contributed by atoms with Crippen LogP contribution in [0.3, 0.4) is 0 Å². The number of Topliss-reactive ketones (excluding diaryl/α,β-unsaturated/α-hetero) is 1. The molecule has 1 saturated carbocycles. The molecule has 0 unspecified atom stereocenters. The van der Waals surface area contributed by atoms with Crippen LogP contribution in [-0.2, 0) is 14.3 Å². The summed E-state index contributed by atoms with van der Waals surface area (Å²) in [6.45, 7) is 6.24. The lowest BCUT2D eigenvalue weighted by Gasteiger charge is -2.42. The second-order valence-corrected chi connectivity index (χ2v) is 5.68. The van der Waals surface area contributed by atoms with E-state index in [0.717, 1.165) is 0 Å². The van der Waals surface area contributed by atoms with Gasteiger partial charge in [0.2, 0.25) is 0 Å². The number of carbonyl (C=O) groups excluding carboxylic acids is 2. The molecule has 2 aliphatic rings. The van der Waals surface area contributed by atoms with Gasteiger partial charge in [-0.1, -0.05) is 25.5 Å². The molecule has 0 heterocycles. The first-order chi connectivity index (χ1) is 7.90. The second kappa shape index (κ2) is 3.69. The monoisotopic (exact) mass is 236 g/mol. The second-order valence-electron chi connectivity index (χ2n) is 5.68. The van der Waals surface area contributed by atoms with Crippen molar-refractivity contribution in [3.63, 3.8) is 0 Å². The van der Waals surface area contributed by atoms with Crippen LogP contribution in [0.2, 0.25) is 0 Å². The van der Waals surface area contributed by atoms with E-state index in [-0.39, 0.29) is 23.1 Å². The minimum Gasteiger partial charge on any atom is -0.469 e. The van der Waals surface area contributed by atoms with Crippen molar-refractivity contribution in [1.82, 2.24) is 0 Å². The average Bonchev–Trinajstić information content (AvgIpc) is 2.72. The molecule has 2 aliphatic carbocycles. The van der Waals surface area contributed by atoms with Gasteiger partial charge in [0.15, 0.2) is 0 Å². The molecule has 0 aromatic carbocycles. The zero-order chi connectivity index (χ0) is 12.8. The number of fused-ring (bicyclic) bond motifs is 1. The Hall–Kier alpha value is -1.12. The third-order valence-electron chi connectivity index (χ3n) is 4.85. The summed E-state index contributed by atoms with van der Waals surface area (Å²) >= 11 is 0. The molecule has 0 amide bonds. The van der Waals surface area contributed by atoms with Crippen molar-refractivity contribution >= 4 is 11.8 Å². The SMILES string of the molecule is COC(=O)[C@]12CC=C(C)[C@@]1(C(C)C)CC(=O)C2. The molecule has 2 rings (SSSR count). The van der Waals surface area contributed by atoms with Crippen molar-refractivity contribution in [1.29, 1.82) is 0 Å². The van der Waals surface area contributed by atoms with Gasteiger partial charge in [-0.2, -0.15) is 0 Å². The first kappa shape index (κ1) is 12.3. The van der Waals surface area contributed by atoms with Crippen molar-refractivity contribution in [2.45, 2.75) is 40.0 Å². The largest absolute Gasteiger partial charge is 0.469 e. The summed E-state index contributed by atoms with van der Waals surface area (Å²) in [4.78, 5) is 24.1. The quantitative estimate of drug-likeness (QED) is 0.546. The molecular formula is C14H20O3. The van der Waals surface area contributed by atoms with Gasteiger partial charge in [0.1, 0.15) is 5.78 Å². The molecule has 3 nitrogen and oxygen atoms in total. The fourth-order valence-corrected chi connectivity index (χ4v) is 4.06. The van der Waals surface area contributed by atoms with Crippen LogP contribution in [0.1, 0.15) is 40.0 Å². The standard InChI is InChI=1S/C14H20O3/c1-9(2)14-8-11(15)7-13(14,12(16)17-4)6-5-10(14)3/h5,9H,6-8H2,1-4H3/t13-,14+/m1/s1. The Labute approximate surface area is 102 Å². The third-order valence-corrected chi connectivity index (χ3v) is 4.85. The van der Waals surface area contributed by atoms with Crippen molar-refractivity contribution < 1.29 is 14.3 Å². The fourth-order valence-electron chi connectivity index (χ4n) is 4.06. The molecule has 0 N–H and O–H groups in total. The molecule has 0 aromatic rings.